The maximum atomic E-state index is 11.6. The number of rotatable bonds is 5. The third-order valence-corrected chi connectivity index (χ3v) is 2.90. The Morgan fingerprint density at radius 3 is 2.50 bits per heavy atom. The molecule has 1 heterocycles. The van der Waals surface area contributed by atoms with Gasteiger partial charge in [0.25, 0.3) is 5.91 Å². The SMILES string of the molecule is COC(=O)c1nn(Cc2ccccc2)c(C(N)=O)c1[N+](=O)[O-]. The Labute approximate surface area is 124 Å². The average Bonchev–Trinajstić information content (AvgIpc) is 2.87. The molecule has 0 aliphatic rings. The number of carbonyl (C=O) groups is 2. The smallest absolute Gasteiger partial charge is 0.365 e. The zero-order chi connectivity index (χ0) is 16.3. The van der Waals surface area contributed by atoms with E-state index in [0.29, 0.717) is 0 Å². The van der Waals surface area contributed by atoms with Gasteiger partial charge >= 0.3 is 11.7 Å². The molecule has 0 bridgehead atoms. The predicted molar refractivity (Wildman–Crippen MR) is 74.3 cm³/mol. The number of benzene rings is 1. The van der Waals surface area contributed by atoms with Crippen molar-refractivity contribution in [3.05, 3.63) is 57.4 Å². The Morgan fingerprint density at radius 1 is 1.36 bits per heavy atom. The van der Waals surface area contributed by atoms with E-state index in [4.69, 9.17) is 5.73 Å². The molecule has 0 atom stereocenters. The van der Waals surface area contributed by atoms with E-state index in [2.05, 4.69) is 9.84 Å². The van der Waals surface area contributed by atoms with Crippen LogP contribution in [0.2, 0.25) is 0 Å². The van der Waals surface area contributed by atoms with Crippen LogP contribution < -0.4 is 5.73 Å². The number of hydrogen-bond acceptors (Lipinski definition) is 6. The van der Waals surface area contributed by atoms with E-state index < -0.39 is 33.9 Å². The molecule has 9 nitrogen and oxygen atoms in total. The first-order chi connectivity index (χ1) is 10.5. The summed E-state index contributed by atoms with van der Waals surface area (Å²) in [5, 5.41) is 15.0. The summed E-state index contributed by atoms with van der Waals surface area (Å²) < 4.78 is 5.48. The summed E-state index contributed by atoms with van der Waals surface area (Å²) in [6.07, 6.45) is 0. The van der Waals surface area contributed by atoms with Crippen LogP contribution in [0.3, 0.4) is 0 Å². The van der Waals surface area contributed by atoms with Crippen molar-refractivity contribution >= 4 is 17.6 Å². The first kappa shape index (κ1) is 15.2. The molecule has 0 saturated heterocycles. The van der Waals surface area contributed by atoms with Gasteiger partial charge in [0.05, 0.1) is 18.6 Å². The van der Waals surface area contributed by atoms with E-state index in [-0.39, 0.29) is 6.54 Å². The van der Waals surface area contributed by atoms with Gasteiger partial charge in [-0.25, -0.2) is 9.48 Å². The first-order valence-corrected chi connectivity index (χ1v) is 6.13. The molecule has 9 heteroatoms. The van der Waals surface area contributed by atoms with Crippen LogP contribution in [0.1, 0.15) is 26.5 Å². The van der Waals surface area contributed by atoms with Crippen LogP contribution in [0, 0.1) is 10.1 Å². The summed E-state index contributed by atoms with van der Waals surface area (Å²) in [4.78, 5) is 33.5. The maximum Gasteiger partial charge on any atom is 0.365 e. The lowest BCUT2D eigenvalue weighted by Crippen LogP contribution is -2.19. The summed E-state index contributed by atoms with van der Waals surface area (Å²) in [6, 6.07) is 8.81. The van der Waals surface area contributed by atoms with Crippen LogP contribution in [-0.4, -0.2) is 33.7 Å². The highest BCUT2D eigenvalue weighted by molar-refractivity contribution is 6.01. The molecule has 0 unspecified atom stereocenters. The summed E-state index contributed by atoms with van der Waals surface area (Å²) in [5.41, 5.74) is 4.18. The van der Waals surface area contributed by atoms with Crippen molar-refractivity contribution in [3.63, 3.8) is 0 Å². The molecule has 0 fully saturated rings. The zero-order valence-electron chi connectivity index (χ0n) is 11.6. The van der Waals surface area contributed by atoms with Crippen LogP contribution >= 0.6 is 0 Å². The number of primary amides is 1. The normalized spacial score (nSPS) is 10.2. The van der Waals surface area contributed by atoms with Gasteiger partial charge in [0.2, 0.25) is 11.4 Å². The second-order valence-electron chi connectivity index (χ2n) is 4.30. The Balaban J connectivity index is 2.60. The molecular weight excluding hydrogens is 292 g/mol. The van der Waals surface area contributed by atoms with E-state index in [1.807, 2.05) is 0 Å². The molecule has 0 radical (unpaired) electrons. The molecule has 2 N–H and O–H groups in total. The highest BCUT2D eigenvalue weighted by Crippen LogP contribution is 2.24. The molecule has 1 amide bonds. The molecular formula is C13H12N4O5. The van der Waals surface area contributed by atoms with E-state index >= 15 is 0 Å². The largest absolute Gasteiger partial charge is 0.464 e. The Morgan fingerprint density at radius 2 is 2.00 bits per heavy atom. The molecule has 22 heavy (non-hydrogen) atoms. The maximum absolute atomic E-state index is 11.6. The summed E-state index contributed by atoms with van der Waals surface area (Å²) in [6.45, 7) is 0.0525. The van der Waals surface area contributed by atoms with E-state index in [1.54, 1.807) is 30.3 Å². The fourth-order valence-electron chi connectivity index (χ4n) is 1.97. The first-order valence-electron chi connectivity index (χ1n) is 6.13. The van der Waals surface area contributed by atoms with Gasteiger partial charge in [0.1, 0.15) is 0 Å². The lowest BCUT2D eigenvalue weighted by molar-refractivity contribution is -0.385. The fourth-order valence-corrected chi connectivity index (χ4v) is 1.97. The van der Waals surface area contributed by atoms with E-state index in [0.717, 1.165) is 17.4 Å². The highest BCUT2D eigenvalue weighted by Gasteiger charge is 2.35. The average molecular weight is 304 g/mol. The number of nitrogens with zero attached hydrogens (tertiary/aromatic N) is 3. The summed E-state index contributed by atoms with van der Waals surface area (Å²) in [7, 11) is 1.06. The van der Waals surface area contributed by atoms with Crippen LogP contribution in [0.5, 0.6) is 0 Å². The van der Waals surface area contributed by atoms with Crippen LogP contribution in [0.4, 0.5) is 5.69 Å². The third kappa shape index (κ3) is 2.77. The highest BCUT2D eigenvalue weighted by atomic mass is 16.6. The minimum atomic E-state index is -1.05. The van der Waals surface area contributed by atoms with Gasteiger partial charge in [0, 0.05) is 0 Å². The molecule has 0 spiro atoms. The monoisotopic (exact) mass is 304 g/mol. The number of methoxy groups -OCH3 is 1. The number of carbonyl (C=O) groups excluding carboxylic acids is 2. The van der Waals surface area contributed by atoms with Crippen molar-refractivity contribution in [2.24, 2.45) is 5.73 Å². The Bertz CT molecular complexity index is 738. The number of amides is 1. The minimum Gasteiger partial charge on any atom is -0.464 e. The van der Waals surface area contributed by atoms with Crippen LogP contribution in [-0.2, 0) is 11.3 Å². The van der Waals surface area contributed by atoms with Crippen molar-refractivity contribution in [1.82, 2.24) is 9.78 Å². The van der Waals surface area contributed by atoms with Crippen LogP contribution in [0.25, 0.3) is 0 Å². The van der Waals surface area contributed by atoms with E-state index in [1.165, 1.54) is 0 Å². The Hall–Kier alpha value is -3.23. The van der Waals surface area contributed by atoms with Gasteiger partial charge in [-0.3, -0.25) is 14.9 Å². The van der Waals surface area contributed by atoms with Gasteiger partial charge in [-0.1, -0.05) is 30.3 Å². The third-order valence-electron chi connectivity index (χ3n) is 2.90. The van der Waals surface area contributed by atoms with Crippen molar-refractivity contribution in [2.45, 2.75) is 6.54 Å². The molecule has 1 aromatic carbocycles. The summed E-state index contributed by atoms with van der Waals surface area (Å²) in [5.74, 6) is -2.06. The molecule has 114 valence electrons. The van der Waals surface area contributed by atoms with Crippen molar-refractivity contribution in [2.75, 3.05) is 7.11 Å². The van der Waals surface area contributed by atoms with Crippen LogP contribution in [0.15, 0.2) is 30.3 Å². The molecule has 2 aromatic rings. The van der Waals surface area contributed by atoms with Gasteiger partial charge in [-0.2, -0.15) is 5.10 Å². The number of nitro groups is 1. The van der Waals surface area contributed by atoms with Gasteiger partial charge in [-0.15, -0.1) is 0 Å². The predicted octanol–water partition coefficient (Wildman–Crippen LogP) is 0.725. The summed E-state index contributed by atoms with van der Waals surface area (Å²) >= 11 is 0. The standard InChI is InChI=1S/C13H12N4O5/c1-22-13(19)9-10(17(20)21)11(12(14)18)16(15-9)7-8-5-3-2-4-6-8/h2-6H,7H2,1H3,(H2,14,18). The number of hydrogen-bond donors (Lipinski definition) is 1. The van der Waals surface area contributed by atoms with Crippen molar-refractivity contribution in [1.29, 1.82) is 0 Å². The molecule has 1 aromatic heterocycles. The lowest BCUT2D eigenvalue weighted by Gasteiger charge is -2.04. The lowest BCUT2D eigenvalue weighted by atomic mass is 10.2. The molecule has 0 aliphatic heterocycles. The van der Waals surface area contributed by atoms with Crippen molar-refractivity contribution < 1.29 is 19.2 Å². The number of ether oxygens (including phenoxy) is 1. The second kappa shape index (κ2) is 6.04. The van der Waals surface area contributed by atoms with Gasteiger partial charge in [-0.05, 0) is 5.56 Å². The zero-order valence-corrected chi connectivity index (χ0v) is 11.6. The number of esters is 1. The molecule has 0 saturated carbocycles. The Kier molecular flexibility index (Phi) is 4.16. The topological polar surface area (TPSA) is 130 Å². The second-order valence-corrected chi connectivity index (χ2v) is 4.30. The molecule has 0 aliphatic carbocycles. The van der Waals surface area contributed by atoms with Gasteiger partial charge < -0.3 is 10.5 Å². The number of nitrogens with two attached hydrogens (primary N) is 1. The number of aromatic nitrogens is 2. The van der Waals surface area contributed by atoms with Gasteiger partial charge in [0.15, 0.2) is 0 Å². The minimum absolute atomic E-state index is 0.0525. The van der Waals surface area contributed by atoms with Crippen molar-refractivity contribution in [3.8, 4) is 0 Å². The molecule has 2 rings (SSSR count). The van der Waals surface area contributed by atoms with E-state index in [9.17, 15) is 19.7 Å². The fraction of sp³-hybridized carbons (Fsp3) is 0.154. The quantitative estimate of drug-likeness (QED) is 0.492.